The third-order valence-electron chi connectivity index (χ3n) is 1.87. The second kappa shape index (κ2) is 27.2. The number of rotatable bonds is 4. The molecule has 128 valence electrons. The average molecular weight is 415 g/mol. The molecule has 0 bridgehead atoms. The molecular weight excluding hydrogens is 390 g/mol. The first-order chi connectivity index (χ1) is 10.3. The van der Waals surface area contributed by atoms with Crippen LogP contribution in [0.5, 0.6) is 0 Å². The maximum atomic E-state index is 10.2. The average Bonchev–Trinajstić information content (AvgIpc) is 2.49. The molecule has 0 spiro atoms. The van der Waals surface area contributed by atoms with Gasteiger partial charge in [0.15, 0.2) is 0 Å². The van der Waals surface area contributed by atoms with Crippen molar-refractivity contribution in [3.05, 3.63) is 60.2 Å². The predicted octanol–water partition coefficient (Wildman–Crippen LogP) is 0.856. The zero-order chi connectivity index (χ0) is 17.4. The number of carboxylic acids is 3. The number of allylic oxidation sites excluding steroid dienone is 3. The first-order valence-corrected chi connectivity index (χ1v) is 6.37. The fraction of sp³-hybridized carbons (Fsp3) is 0.188. The maximum absolute atomic E-state index is 10.2. The van der Waals surface area contributed by atoms with Crippen molar-refractivity contribution < 1.29 is 29.7 Å². The molecule has 0 aromatic heterocycles. The molecule has 0 unspecified atom stereocenters. The monoisotopic (exact) mass is 414 g/mol. The Balaban J connectivity index is -0.0000000783. The summed E-state index contributed by atoms with van der Waals surface area (Å²) in [4.78, 5) is 29.3. The van der Waals surface area contributed by atoms with Crippen LogP contribution in [0.25, 0.3) is 0 Å². The summed E-state index contributed by atoms with van der Waals surface area (Å²) in [5.74, 6) is -2.54. The van der Waals surface area contributed by atoms with Crippen molar-refractivity contribution in [1.82, 2.24) is 0 Å². The van der Waals surface area contributed by atoms with Gasteiger partial charge in [0.05, 0.1) is 5.56 Å². The van der Waals surface area contributed by atoms with Gasteiger partial charge in [0.1, 0.15) is 0 Å². The third kappa shape index (κ3) is 33.1. The first kappa shape index (κ1) is 36.9. The molecule has 6 nitrogen and oxygen atoms in total. The Kier molecular flexibility index (Phi) is 40.1. The first-order valence-electron chi connectivity index (χ1n) is 6.37. The van der Waals surface area contributed by atoms with E-state index in [2.05, 4.69) is 0 Å². The van der Waals surface area contributed by atoms with Crippen molar-refractivity contribution in [2.45, 2.75) is 20.3 Å². The topological polar surface area (TPSA) is 112 Å². The molecule has 1 aromatic carbocycles. The Morgan fingerprint density at radius 3 is 1.68 bits per heavy atom. The molecule has 0 aliphatic rings. The molecule has 0 atom stereocenters. The van der Waals surface area contributed by atoms with Crippen LogP contribution in [0, 0.1) is 0 Å². The van der Waals surface area contributed by atoms with Gasteiger partial charge in [0, 0.05) is 12.5 Å². The van der Waals surface area contributed by atoms with E-state index in [0.717, 1.165) is 6.08 Å². The number of hydrogen-bond donors (Lipinski definition) is 3. The van der Waals surface area contributed by atoms with Crippen LogP contribution in [-0.2, 0) is 9.59 Å². The Hall–Kier alpha value is 1.01. The molecule has 0 fully saturated rings. The molecule has 1 rings (SSSR count). The molecule has 0 heterocycles. The number of hydrogen-bond acceptors (Lipinski definition) is 3. The Morgan fingerprint density at radius 2 is 1.44 bits per heavy atom. The Morgan fingerprint density at radius 1 is 1.00 bits per heavy atom. The van der Waals surface area contributed by atoms with Crippen LogP contribution in [0.3, 0.4) is 0 Å². The molecule has 3 N–H and O–H groups in total. The fourth-order valence-electron chi connectivity index (χ4n) is 0.830. The van der Waals surface area contributed by atoms with E-state index in [0.29, 0.717) is 5.56 Å². The van der Waals surface area contributed by atoms with Crippen LogP contribution < -0.4 is 0 Å². The van der Waals surface area contributed by atoms with Crippen LogP contribution in [-0.4, -0.2) is 152 Å². The van der Waals surface area contributed by atoms with Gasteiger partial charge in [-0.15, -0.1) is 0 Å². The normalized spacial score (nSPS) is 8.24. The summed E-state index contributed by atoms with van der Waals surface area (Å²) in [5, 5.41) is 24.1. The van der Waals surface area contributed by atoms with Crippen LogP contribution in [0.4, 0.5) is 0 Å². The van der Waals surface area contributed by atoms with E-state index >= 15 is 0 Å². The van der Waals surface area contributed by atoms with Gasteiger partial charge in [-0.2, -0.15) is 0 Å². The summed E-state index contributed by atoms with van der Waals surface area (Å²) in [6.07, 6.45) is 6.20. The van der Waals surface area contributed by atoms with Gasteiger partial charge >= 0.3 is 137 Å². The molecule has 0 aliphatic carbocycles. The molecular formula is C16H24CaKNaO6. The molecule has 0 saturated carbocycles. The van der Waals surface area contributed by atoms with Gasteiger partial charge in [-0.25, -0.2) is 9.59 Å². The van der Waals surface area contributed by atoms with Gasteiger partial charge in [-0.3, -0.25) is 4.79 Å². The Labute approximate surface area is 242 Å². The van der Waals surface area contributed by atoms with Crippen molar-refractivity contribution in [1.29, 1.82) is 0 Å². The second-order valence-electron chi connectivity index (χ2n) is 3.64. The molecule has 25 heavy (non-hydrogen) atoms. The quantitative estimate of drug-likeness (QED) is 0.383. The molecule has 1 aromatic rings. The van der Waals surface area contributed by atoms with E-state index in [9.17, 15) is 14.4 Å². The molecule has 0 saturated heterocycles. The van der Waals surface area contributed by atoms with E-state index in [1.165, 1.54) is 6.08 Å². The molecule has 0 radical (unpaired) electrons. The minimum absolute atomic E-state index is 0. The standard InChI is InChI=1S/C7H6O2.C6H8O2.C3H6O2.Ca.K.Na.4H/c8-7(9)6-4-2-1-3-5-6;1-2-3-4-5-6(7)8;1-2-3(4)5;;;;;;;/h1-5H,(H,8,9);2-5H,1H3,(H,7,8);2H2,1H3,(H,4,5);;;;;;;/b;3-2+,5-4+;;;;;;;;. The van der Waals surface area contributed by atoms with Gasteiger partial charge < -0.3 is 15.3 Å². The zero-order valence-electron chi connectivity index (χ0n) is 12.5. The van der Waals surface area contributed by atoms with Gasteiger partial charge in [0.25, 0.3) is 0 Å². The minimum atomic E-state index is -0.914. The summed E-state index contributed by atoms with van der Waals surface area (Å²) in [5.41, 5.74) is 0.331. The fourth-order valence-corrected chi connectivity index (χ4v) is 0.830. The third-order valence-corrected chi connectivity index (χ3v) is 1.87. The summed E-state index contributed by atoms with van der Waals surface area (Å²) >= 11 is 0. The van der Waals surface area contributed by atoms with Crippen molar-refractivity contribution in [3.63, 3.8) is 0 Å². The summed E-state index contributed by atoms with van der Waals surface area (Å²) in [6.45, 7) is 3.43. The van der Waals surface area contributed by atoms with Gasteiger partial charge in [-0.05, 0) is 19.1 Å². The van der Waals surface area contributed by atoms with Crippen molar-refractivity contribution >= 4 is 137 Å². The SMILES string of the molecule is C/C=C/C=C/C(=O)O.CCC(=O)O.O=C(O)c1ccccc1.[CaH2].[KH].[NaH]. The number of carbonyl (C=O) groups is 3. The summed E-state index contributed by atoms with van der Waals surface area (Å²) < 4.78 is 0. The van der Waals surface area contributed by atoms with Crippen LogP contribution >= 0.6 is 0 Å². The van der Waals surface area contributed by atoms with E-state index in [4.69, 9.17) is 15.3 Å². The van der Waals surface area contributed by atoms with Crippen molar-refractivity contribution in [2.75, 3.05) is 0 Å². The zero-order valence-corrected chi connectivity index (χ0v) is 12.5. The molecule has 9 heteroatoms. The number of benzene rings is 1. The number of carboxylic acid groups (broad SMARTS) is 3. The van der Waals surface area contributed by atoms with Crippen molar-refractivity contribution in [3.8, 4) is 0 Å². The van der Waals surface area contributed by atoms with Crippen molar-refractivity contribution in [2.24, 2.45) is 0 Å². The number of aliphatic carboxylic acids is 2. The van der Waals surface area contributed by atoms with E-state index in [1.54, 1.807) is 49.4 Å². The summed E-state index contributed by atoms with van der Waals surface area (Å²) in [7, 11) is 0. The number of aromatic carboxylic acids is 1. The van der Waals surface area contributed by atoms with Gasteiger partial charge in [-0.1, -0.05) is 43.4 Å². The van der Waals surface area contributed by atoms with Crippen LogP contribution in [0.1, 0.15) is 30.6 Å². The van der Waals surface area contributed by atoms with Crippen LogP contribution in [0.2, 0.25) is 0 Å². The van der Waals surface area contributed by atoms with E-state index in [1.807, 2.05) is 6.92 Å². The van der Waals surface area contributed by atoms with E-state index < -0.39 is 17.9 Å². The predicted molar refractivity (Wildman–Crippen MR) is 106 cm³/mol. The van der Waals surface area contributed by atoms with Crippen LogP contribution in [0.15, 0.2) is 54.6 Å². The second-order valence-corrected chi connectivity index (χ2v) is 3.64. The molecule has 0 amide bonds. The summed E-state index contributed by atoms with van der Waals surface area (Å²) in [6, 6.07) is 8.30. The van der Waals surface area contributed by atoms with Gasteiger partial charge in [0.2, 0.25) is 0 Å². The molecule has 0 aliphatic heterocycles. The van der Waals surface area contributed by atoms with E-state index in [-0.39, 0.29) is 125 Å². The Bertz CT molecular complexity index is 521.